The highest BCUT2D eigenvalue weighted by Gasteiger charge is 1.52. The SMILES string of the molecule is O=CNC=S. The van der Waals surface area contributed by atoms with Gasteiger partial charge in [-0.1, -0.05) is 12.2 Å². The minimum Gasteiger partial charge on any atom is -0.326 e. The molecule has 3 heteroatoms. The van der Waals surface area contributed by atoms with E-state index in [0.717, 1.165) is 5.49 Å². The zero-order valence-corrected chi connectivity index (χ0v) is 3.29. The Kier molecular flexibility index (Phi) is 3.25. The fraction of sp³-hybridized carbons (Fsp3) is 0. The average molecular weight is 89.1 g/mol. The molecule has 0 rings (SSSR count). The summed E-state index contributed by atoms with van der Waals surface area (Å²) in [6.07, 6.45) is 0.521. The molecule has 0 aromatic rings. The number of nitrogens with one attached hydrogen (secondary N) is 1. The van der Waals surface area contributed by atoms with Crippen LogP contribution in [0.5, 0.6) is 0 Å². The number of hydrogen-bond donors (Lipinski definition) is 1. The Morgan fingerprint density at radius 1 is 1.80 bits per heavy atom. The molecule has 28 valence electrons. The number of hydrogen-bond acceptors (Lipinski definition) is 2. The normalized spacial score (nSPS) is 5.60. The molecule has 0 spiro atoms. The highest BCUT2D eigenvalue weighted by molar-refractivity contribution is 7.78. The van der Waals surface area contributed by atoms with E-state index in [2.05, 4.69) is 17.5 Å². The van der Waals surface area contributed by atoms with Gasteiger partial charge in [0.25, 0.3) is 0 Å². The molecule has 1 N–H and O–H groups in total. The summed E-state index contributed by atoms with van der Waals surface area (Å²) in [7, 11) is 0. The third kappa shape index (κ3) is 3.56. The van der Waals surface area contributed by atoms with Gasteiger partial charge >= 0.3 is 0 Å². The van der Waals surface area contributed by atoms with E-state index >= 15 is 0 Å². The second-order valence-electron chi connectivity index (χ2n) is 0.402. The minimum atomic E-state index is 0.521. The third-order valence-corrected chi connectivity index (χ3v) is 0.272. The van der Waals surface area contributed by atoms with Crippen molar-refractivity contribution in [3.63, 3.8) is 0 Å². The van der Waals surface area contributed by atoms with Gasteiger partial charge in [0.05, 0.1) is 5.49 Å². The van der Waals surface area contributed by atoms with Gasteiger partial charge in [-0.05, 0) is 0 Å². The molecule has 0 aromatic carbocycles. The standard InChI is InChI=1S/C2H3NOS/c4-1-3-2-5/h1-2H,(H,3,4,5). The largest absolute Gasteiger partial charge is 0.326 e. The Hall–Kier alpha value is -0.440. The van der Waals surface area contributed by atoms with Crippen molar-refractivity contribution < 1.29 is 4.79 Å². The molecule has 0 aliphatic carbocycles. The van der Waals surface area contributed by atoms with Crippen molar-refractivity contribution in [1.82, 2.24) is 5.32 Å². The molecule has 0 bridgehead atoms. The lowest BCUT2D eigenvalue weighted by molar-refractivity contribution is -0.108. The van der Waals surface area contributed by atoms with Gasteiger partial charge in [0.1, 0.15) is 0 Å². The lowest BCUT2D eigenvalue weighted by atomic mass is 11.2. The molecule has 1 amide bonds. The van der Waals surface area contributed by atoms with Gasteiger partial charge in [-0.15, -0.1) is 0 Å². The summed E-state index contributed by atoms with van der Waals surface area (Å²) in [4.78, 5) is 9.20. The number of carbonyl (C=O) groups excluding carboxylic acids is 1. The van der Waals surface area contributed by atoms with Crippen LogP contribution in [0.15, 0.2) is 0 Å². The first-order valence-corrected chi connectivity index (χ1v) is 1.52. The van der Waals surface area contributed by atoms with E-state index in [1.54, 1.807) is 0 Å². The van der Waals surface area contributed by atoms with Crippen molar-refractivity contribution in [1.29, 1.82) is 0 Å². The Labute approximate surface area is 35.2 Å². The molecular formula is C2H3NOS. The highest BCUT2D eigenvalue weighted by Crippen LogP contribution is 1.31. The second kappa shape index (κ2) is 3.56. The summed E-state index contributed by atoms with van der Waals surface area (Å²) in [5.41, 5.74) is 1.15. The Balaban J connectivity index is 2.65. The third-order valence-electron chi connectivity index (χ3n) is 0.136. The molecule has 0 aromatic heterocycles. The van der Waals surface area contributed by atoms with Gasteiger partial charge in [0, 0.05) is 0 Å². The minimum absolute atomic E-state index is 0.521. The summed E-state index contributed by atoms with van der Waals surface area (Å²) >= 11 is 4.18. The lowest BCUT2D eigenvalue weighted by Crippen LogP contribution is -2.03. The van der Waals surface area contributed by atoms with Crippen molar-refractivity contribution in [2.45, 2.75) is 0 Å². The summed E-state index contributed by atoms with van der Waals surface area (Å²) in [6, 6.07) is 0. The lowest BCUT2D eigenvalue weighted by Gasteiger charge is -1.68. The number of carbonyl (C=O) groups is 1. The van der Waals surface area contributed by atoms with Crippen LogP contribution in [0, 0.1) is 0 Å². The number of amides is 1. The second-order valence-corrected chi connectivity index (χ2v) is 0.638. The molecule has 0 saturated carbocycles. The predicted octanol–water partition coefficient (Wildman–Crippen LogP) is -0.310. The average Bonchev–Trinajstić information content (AvgIpc) is 1.41. The van der Waals surface area contributed by atoms with E-state index < -0.39 is 0 Å². The van der Waals surface area contributed by atoms with Crippen molar-refractivity contribution in [2.24, 2.45) is 0 Å². The molecule has 5 heavy (non-hydrogen) atoms. The van der Waals surface area contributed by atoms with Gasteiger partial charge in [0.15, 0.2) is 0 Å². The maximum atomic E-state index is 9.20. The first kappa shape index (κ1) is 4.56. The maximum absolute atomic E-state index is 9.20. The van der Waals surface area contributed by atoms with E-state index in [0.29, 0.717) is 6.41 Å². The van der Waals surface area contributed by atoms with E-state index in [-0.39, 0.29) is 0 Å². The van der Waals surface area contributed by atoms with Gasteiger partial charge in [-0.2, -0.15) is 0 Å². The van der Waals surface area contributed by atoms with Crippen LogP contribution < -0.4 is 5.32 Å². The highest BCUT2D eigenvalue weighted by atomic mass is 32.1. The van der Waals surface area contributed by atoms with Crippen LogP contribution in [0.3, 0.4) is 0 Å². The predicted molar refractivity (Wildman–Crippen MR) is 22.9 cm³/mol. The first-order chi connectivity index (χ1) is 2.41. The monoisotopic (exact) mass is 89.0 g/mol. The molecular weight excluding hydrogens is 86.1 g/mol. The fourth-order valence-corrected chi connectivity index (χ4v) is 0.0833. The zero-order chi connectivity index (χ0) is 4.12. The van der Waals surface area contributed by atoms with Crippen LogP contribution in [-0.2, 0) is 4.79 Å². The molecule has 0 aliphatic rings. The van der Waals surface area contributed by atoms with Gasteiger partial charge in [-0.25, -0.2) is 0 Å². The molecule has 0 unspecified atom stereocenters. The maximum Gasteiger partial charge on any atom is 0.211 e. The van der Waals surface area contributed by atoms with Gasteiger partial charge in [-0.3, -0.25) is 4.79 Å². The van der Waals surface area contributed by atoms with Crippen LogP contribution >= 0.6 is 12.2 Å². The van der Waals surface area contributed by atoms with Gasteiger partial charge < -0.3 is 5.32 Å². The van der Waals surface area contributed by atoms with E-state index in [1.807, 2.05) is 0 Å². The molecule has 0 aliphatic heterocycles. The van der Waals surface area contributed by atoms with E-state index in [1.165, 1.54) is 0 Å². The summed E-state index contributed by atoms with van der Waals surface area (Å²) in [5, 5.41) is 2.12. The summed E-state index contributed by atoms with van der Waals surface area (Å²) < 4.78 is 0. The van der Waals surface area contributed by atoms with Crippen molar-refractivity contribution in [3.05, 3.63) is 0 Å². The topological polar surface area (TPSA) is 29.1 Å². The molecule has 0 saturated heterocycles. The summed E-state index contributed by atoms with van der Waals surface area (Å²) in [6.45, 7) is 0. The smallest absolute Gasteiger partial charge is 0.211 e. The summed E-state index contributed by atoms with van der Waals surface area (Å²) in [5.74, 6) is 0. The Morgan fingerprint density at radius 2 is 2.40 bits per heavy atom. The molecule has 0 heterocycles. The molecule has 0 fully saturated rings. The Bertz CT molecular complexity index is 38.9. The van der Waals surface area contributed by atoms with Crippen LogP contribution in [0.2, 0.25) is 0 Å². The van der Waals surface area contributed by atoms with Gasteiger partial charge in [0.2, 0.25) is 6.41 Å². The van der Waals surface area contributed by atoms with Crippen LogP contribution in [0.1, 0.15) is 0 Å². The van der Waals surface area contributed by atoms with Crippen molar-refractivity contribution >= 4 is 24.1 Å². The number of thiocarbonyl (C=S) groups is 1. The zero-order valence-electron chi connectivity index (χ0n) is 2.47. The molecule has 0 radical (unpaired) electrons. The van der Waals surface area contributed by atoms with Crippen molar-refractivity contribution in [3.8, 4) is 0 Å². The molecule has 0 atom stereocenters. The van der Waals surface area contributed by atoms with Crippen LogP contribution in [0.4, 0.5) is 0 Å². The van der Waals surface area contributed by atoms with Crippen LogP contribution in [-0.4, -0.2) is 11.9 Å². The molecule has 2 nitrogen and oxygen atoms in total. The fourth-order valence-electron chi connectivity index (χ4n) is 0.0278. The van der Waals surface area contributed by atoms with E-state index in [9.17, 15) is 4.79 Å². The van der Waals surface area contributed by atoms with E-state index in [4.69, 9.17) is 0 Å². The van der Waals surface area contributed by atoms with Crippen LogP contribution in [0.25, 0.3) is 0 Å². The first-order valence-electron chi connectivity index (χ1n) is 1.05. The quantitative estimate of drug-likeness (QED) is 0.371. The number of rotatable bonds is 2. The van der Waals surface area contributed by atoms with Crippen molar-refractivity contribution in [2.75, 3.05) is 0 Å². The Morgan fingerprint density at radius 3 is 2.40 bits per heavy atom.